The summed E-state index contributed by atoms with van der Waals surface area (Å²) in [5.74, 6) is -0.235. The van der Waals surface area contributed by atoms with E-state index in [0.717, 1.165) is 4.90 Å². The van der Waals surface area contributed by atoms with E-state index in [-0.39, 0.29) is 28.2 Å². The van der Waals surface area contributed by atoms with Crippen molar-refractivity contribution in [2.45, 2.75) is 44.3 Å². The van der Waals surface area contributed by atoms with Crippen LogP contribution in [0.2, 0.25) is 0 Å². The Labute approximate surface area is 206 Å². The molecule has 34 heavy (non-hydrogen) atoms. The standard InChI is InChI=1S/C24H26N4O4S2/c1-15(34-19-10-8-17(9-11-19)25-21(29)13-24(2,3)4)22(30)27-23-26-20(14-33-23)16-6-5-7-18(12-16)28(31)32/h5-12,14-15H,13H2,1-4H3,(H,25,29)(H,26,27,30). The average Bonchev–Trinajstić information content (AvgIpc) is 3.22. The Bertz CT molecular complexity index is 1190. The summed E-state index contributed by atoms with van der Waals surface area (Å²) in [5.41, 5.74) is 1.80. The zero-order chi connectivity index (χ0) is 24.9. The quantitative estimate of drug-likeness (QED) is 0.217. The number of nitro benzene ring substituents is 1. The predicted molar refractivity (Wildman–Crippen MR) is 137 cm³/mol. The van der Waals surface area contributed by atoms with Crippen LogP contribution in [-0.4, -0.2) is 27.0 Å². The number of rotatable bonds is 8. The molecule has 1 aromatic heterocycles. The van der Waals surface area contributed by atoms with Crippen LogP contribution in [0.3, 0.4) is 0 Å². The monoisotopic (exact) mass is 498 g/mol. The Balaban J connectivity index is 1.56. The molecule has 1 heterocycles. The number of non-ortho nitro benzene ring substituents is 1. The molecule has 8 nitrogen and oxygen atoms in total. The van der Waals surface area contributed by atoms with Gasteiger partial charge in [0.05, 0.1) is 15.9 Å². The van der Waals surface area contributed by atoms with E-state index in [1.54, 1.807) is 24.4 Å². The Morgan fingerprint density at radius 1 is 1.15 bits per heavy atom. The fourth-order valence-corrected chi connectivity index (χ4v) is 4.60. The Morgan fingerprint density at radius 2 is 1.85 bits per heavy atom. The highest BCUT2D eigenvalue weighted by molar-refractivity contribution is 8.00. The van der Waals surface area contributed by atoms with Crippen molar-refractivity contribution >= 4 is 51.4 Å². The molecule has 0 radical (unpaired) electrons. The van der Waals surface area contributed by atoms with Crippen LogP contribution in [0.4, 0.5) is 16.5 Å². The summed E-state index contributed by atoms with van der Waals surface area (Å²) in [5, 5.41) is 18.5. The van der Waals surface area contributed by atoms with Crippen molar-refractivity contribution in [1.29, 1.82) is 0 Å². The molecule has 0 fully saturated rings. The summed E-state index contributed by atoms with van der Waals surface area (Å²) in [7, 11) is 0. The topological polar surface area (TPSA) is 114 Å². The van der Waals surface area contributed by atoms with Crippen LogP contribution in [0.25, 0.3) is 11.3 Å². The van der Waals surface area contributed by atoms with Gasteiger partial charge in [-0.05, 0) is 36.6 Å². The summed E-state index contributed by atoms with van der Waals surface area (Å²) in [6, 6.07) is 13.6. The molecule has 1 atom stereocenters. The average molecular weight is 499 g/mol. The van der Waals surface area contributed by atoms with E-state index in [2.05, 4.69) is 15.6 Å². The van der Waals surface area contributed by atoms with Gasteiger partial charge in [-0.1, -0.05) is 32.9 Å². The number of thiazole rings is 1. The lowest BCUT2D eigenvalue weighted by molar-refractivity contribution is -0.384. The minimum absolute atomic E-state index is 0.0131. The molecule has 2 N–H and O–H groups in total. The van der Waals surface area contributed by atoms with Gasteiger partial charge in [0.25, 0.3) is 5.69 Å². The van der Waals surface area contributed by atoms with E-state index in [9.17, 15) is 19.7 Å². The van der Waals surface area contributed by atoms with Crippen LogP contribution in [0.1, 0.15) is 34.1 Å². The normalized spacial score (nSPS) is 12.1. The molecule has 0 aliphatic heterocycles. The molecule has 1 unspecified atom stereocenters. The van der Waals surface area contributed by atoms with Crippen molar-refractivity contribution in [3.05, 3.63) is 64.0 Å². The summed E-state index contributed by atoms with van der Waals surface area (Å²) in [6.45, 7) is 7.84. The molecule has 3 rings (SSSR count). The lowest BCUT2D eigenvalue weighted by atomic mass is 9.92. The zero-order valence-corrected chi connectivity index (χ0v) is 21.0. The number of carbonyl (C=O) groups is 2. The van der Waals surface area contributed by atoms with Crippen molar-refractivity contribution in [2.24, 2.45) is 5.41 Å². The first-order valence-corrected chi connectivity index (χ1v) is 12.3. The number of nitro groups is 1. The molecule has 3 aromatic rings. The van der Waals surface area contributed by atoms with Crippen molar-refractivity contribution in [3.8, 4) is 11.3 Å². The molecule has 178 valence electrons. The van der Waals surface area contributed by atoms with Crippen LogP contribution < -0.4 is 10.6 Å². The second-order valence-corrected chi connectivity index (χ2v) is 11.2. The van der Waals surface area contributed by atoms with Crippen molar-refractivity contribution in [2.75, 3.05) is 10.6 Å². The first-order valence-electron chi connectivity index (χ1n) is 10.6. The lowest BCUT2D eigenvalue weighted by Gasteiger charge is -2.17. The van der Waals surface area contributed by atoms with Gasteiger partial charge in [-0.25, -0.2) is 4.98 Å². The van der Waals surface area contributed by atoms with E-state index < -0.39 is 4.92 Å². The first kappa shape index (κ1) is 25.4. The van der Waals surface area contributed by atoms with E-state index in [1.807, 2.05) is 45.0 Å². The van der Waals surface area contributed by atoms with E-state index in [4.69, 9.17) is 0 Å². The highest BCUT2D eigenvalue weighted by atomic mass is 32.2. The number of thioether (sulfide) groups is 1. The second-order valence-electron chi connectivity index (χ2n) is 8.90. The minimum Gasteiger partial charge on any atom is -0.326 e. The van der Waals surface area contributed by atoms with Crippen LogP contribution >= 0.6 is 23.1 Å². The summed E-state index contributed by atoms with van der Waals surface area (Å²) >= 11 is 2.65. The fourth-order valence-electron chi connectivity index (χ4n) is 3.01. The molecule has 0 spiro atoms. The van der Waals surface area contributed by atoms with Gasteiger partial charge in [0.2, 0.25) is 11.8 Å². The summed E-state index contributed by atoms with van der Waals surface area (Å²) in [6.07, 6.45) is 0.431. The molecule has 0 saturated carbocycles. The van der Waals surface area contributed by atoms with Gasteiger partial charge in [0, 0.05) is 40.1 Å². The van der Waals surface area contributed by atoms with Gasteiger partial charge in [-0.15, -0.1) is 23.1 Å². The predicted octanol–water partition coefficient (Wildman–Crippen LogP) is 6.21. The molecule has 0 bridgehead atoms. The number of amides is 2. The second kappa shape index (κ2) is 10.8. The molecule has 10 heteroatoms. The zero-order valence-electron chi connectivity index (χ0n) is 19.3. The van der Waals surface area contributed by atoms with Gasteiger partial charge in [-0.2, -0.15) is 0 Å². The third-order valence-electron chi connectivity index (χ3n) is 4.60. The number of hydrogen-bond donors (Lipinski definition) is 2. The highest BCUT2D eigenvalue weighted by Gasteiger charge is 2.18. The number of hydrogen-bond acceptors (Lipinski definition) is 7. The SMILES string of the molecule is CC(Sc1ccc(NC(=O)CC(C)(C)C)cc1)C(=O)Nc1nc(-c2cccc([N+](=O)[O-])c2)cs1. The number of aromatic nitrogens is 1. The van der Waals surface area contributed by atoms with Crippen molar-refractivity contribution in [3.63, 3.8) is 0 Å². The van der Waals surface area contributed by atoms with E-state index >= 15 is 0 Å². The number of nitrogens with zero attached hydrogens (tertiary/aromatic N) is 2. The van der Waals surface area contributed by atoms with Gasteiger partial charge in [0.15, 0.2) is 5.13 Å². The number of carbonyl (C=O) groups excluding carboxylic acids is 2. The maximum Gasteiger partial charge on any atom is 0.270 e. The minimum atomic E-state index is -0.455. The Kier molecular flexibility index (Phi) is 8.06. The Morgan fingerprint density at radius 3 is 2.50 bits per heavy atom. The van der Waals surface area contributed by atoms with Gasteiger partial charge in [-0.3, -0.25) is 19.7 Å². The van der Waals surface area contributed by atoms with E-state index in [1.165, 1.54) is 35.2 Å². The third-order valence-corrected chi connectivity index (χ3v) is 6.47. The smallest absolute Gasteiger partial charge is 0.270 e. The van der Waals surface area contributed by atoms with Crippen molar-refractivity contribution < 1.29 is 14.5 Å². The largest absolute Gasteiger partial charge is 0.326 e. The Hall–Kier alpha value is -3.24. The van der Waals surface area contributed by atoms with Gasteiger partial charge < -0.3 is 10.6 Å². The molecule has 2 aromatic carbocycles. The van der Waals surface area contributed by atoms with Gasteiger partial charge >= 0.3 is 0 Å². The third kappa shape index (κ3) is 7.39. The molecule has 0 saturated heterocycles. The summed E-state index contributed by atoms with van der Waals surface area (Å²) < 4.78 is 0. The molecule has 0 aliphatic rings. The highest BCUT2D eigenvalue weighted by Crippen LogP contribution is 2.29. The van der Waals surface area contributed by atoms with Crippen LogP contribution in [-0.2, 0) is 9.59 Å². The maximum atomic E-state index is 12.6. The van der Waals surface area contributed by atoms with Crippen LogP contribution in [0, 0.1) is 15.5 Å². The molecule has 2 amide bonds. The summed E-state index contributed by atoms with van der Waals surface area (Å²) in [4.78, 5) is 40.5. The molecular formula is C24H26N4O4S2. The molecule has 0 aliphatic carbocycles. The molecular weight excluding hydrogens is 472 g/mol. The fraction of sp³-hybridized carbons (Fsp3) is 0.292. The maximum absolute atomic E-state index is 12.6. The number of anilines is 2. The van der Waals surface area contributed by atoms with Gasteiger partial charge in [0.1, 0.15) is 0 Å². The van der Waals surface area contributed by atoms with Crippen LogP contribution in [0.15, 0.2) is 58.8 Å². The first-order chi connectivity index (χ1) is 16.0. The number of benzene rings is 2. The van der Waals surface area contributed by atoms with E-state index in [0.29, 0.717) is 28.5 Å². The lowest BCUT2D eigenvalue weighted by Crippen LogP contribution is -2.22. The van der Waals surface area contributed by atoms with Crippen molar-refractivity contribution in [1.82, 2.24) is 4.98 Å². The number of nitrogens with one attached hydrogen (secondary N) is 2. The van der Waals surface area contributed by atoms with Crippen LogP contribution in [0.5, 0.6) is 0 Å².